The van der Waals surface area contributed by atoms with Gasteiger partial charge < -0.3 is 4.74 Å². The zero-order valence-corrected chi connectivity index (χ0v) is 13.9. The summed E-state index contributed by atoms with van der Waals surface area (Å²) >= 11 is 15.5. The Morgan fingerprint density at radius 2 is 2.09 bits per heavy atom. The van der Waals surface area contributed by atoms with Crippen LogP contribution in [0.25, 0.3) is 11.3 Å². The Bertz CT molecular complexity index is 768. The van der Waals surface area contributed by atoms with Crippen molar-refractivity contribution in [2.45, 2.75) is 13.0 Å². The molecule has 2 aromatic rings. The van der Waals surface area contributed by atoms with Crippen LogP contribution in [0.2, 0.25) is 10.0 Å². The summed E-state index contributed by atoms with van der Waals surface area (Å²) in [4.78, 5) is 11.1. The van der Waals surface area contributed by atoms with Crippen molar-refractivity contribution in [3.63, 3.8) is 0 Å². The minimum Gasteiger partial charge on any atom is -0.416 e. The predicted molar refractivity (Wildman–Crippen MR) is 83.0 cm³/mol. The van der Waals surface area contributed by atoms with Gasteiger partial charge in [0.25, 0.3) is 0 Å². The van der Waals surface area contributed by atoms with Gasteiger partial charge in [0.05, 0.1) is 0 Å². The summed E-state index contributed by atoms with van der Waals surface area (Å²) in [5.74, 6) is -1.17. The fourth-order valence-corrected chi connectivity index (χ4v) is 2.63. The molecule has 124 valence electrons. The van der Waals surface area contributed by atoms with E-state index in [-0.39, 0.29) is 27.7 Å². The second-order valence-electron chi connectivity index (χ2n) is 4.46. The van der Waals surface area contributed by atoms with Crippen molar-refractivity contribution in [2.75, 3.05) is 0 Å². The molecule has 0 radical (unpaired) electrons. The molecule has 0 N–H and O–H groups in total. The number of thiol groups is 1. The van der Waals surface area contributed by atoms with Crippen molar-refractivity contribution in [3.8, 4) is 17.1 Å². The van der Waals surface area contributed by atoms with Gasteiger partial charge >= 0.3 is 6.61 Å². The molecule has 0 atom stereocenters. The number of ether oxygens (including phenoxy) is 1. The molecule has 0 spiro atoms. The number of alkyl halides is 2. The molecule has 1 aromatic carbocycles. The zero-order chi connectivity index (χ0) is 17.3. The largest absolute Gasteiger partial charge is 0.416 e. The third kappa shape index (κ3) is 3.94. The summed E-state index contributed by atoms with van der Waals surface area (Å²) in [6, 6.07) is 2.26. The van der Waals surface area contributed by atoms with Gasteiger partial charge in [-0.15, -0.1) is 12.6 Å². The standard InChI is InChI=1S/C13H9Cl2F3N2O2S/c1-20-12(22-13(17)18)10(15)11(19-20)6-2-5(3-9(21)23)7(14)4-8(6)16/h2,4,13H,3H2,1H3,(H,21,23). The van der Waals surface area contributed by atoms with Crippen LogP contribution in [-0.2, 0) is 18.3 Å². The van der Waals surface area contributed by atoms with E-state index in [0.29, 0.717) is 5.56 Å². The lowest BCUT2D eigenvalue weighted by atomic mass is 10.1. The molecule has 4 nitrogen and oxygen atoms in total. The molecule has 10 heteroatoms. The van der Waals surface area contributed by atoms with Crippen LogP contribution in [0.3, 0.4) is 0 Å². The number of aromatic nitrogens is 2. The zero-order valence-electron chi connectivity index (χ0n) is 11.5. The molecule has 2 rings (SSSR count). The number of carbonyl (C=O) groups is 1. The lowest BCUT2D eigenvalue weighted by molar-refractivity contribution is -0.110. The number of halogens is 5. The topological polar surface area (TPSA) is 44.1 Å². The first-order chi connectivity index (χ1) is 10.7. The Balaban J connectivity index is 2.56. The number of nitrogens with zero attached hydrogens (tertiary/aromatic N) is 2. The monoisotopic (exact) mass is 384 g/mol. The maximum absolute atomic E-state index is 14.2. The van der Waals surface area contributed by atoms with Gasteiger partial charge in [-0.05, 0) is 17.7 Å². The Hall–Kier alpha value is -1.38. The molecule has 1 aromatic heterocycles. The van der Waals surface area contributed by atoms with Crippen molar-refractivity contribution < 1.29 is 22.7 Å². The van der Waals surface area contributed by atoms with Gasteiger partial charge in [0.2, 0.25) is 5.88 Å². The highest BCUT2D eigenvalue weighted by Crippen LogP contribution is 2.38. The van der Waals surface area contributed by atoms with Crippen molar-refractivity contribution >= 4 is 40.9 Å². The van der Waals surface area contributed by atoms with Crippen LogP contribution in [0.5, 0.6) is 5.88 Å². The van der Waals surface area contributed by atoms with Crippen molar-refractivity contribution in [3.05, 3.63) is 33.6 Å². The Morgan fingerprint density at radius 1 is 1.43 bits per heavy atom. The van der Waals surface area contributed by atoms with Gasteiger partial charge in [-0.3, -0.25) is 4.79 Å². The third-order valence-corrected chi connectivity index (χ3v) is 3.72. The molecule has 0 aliphatic carbocycles. The van der Waals surface area contributed by atoms with Crippen LogP contribution >= 0.6 is 35.8 Å². The quantitative estimate of drug-likeness (QED) is 0.788. The van der Waals surface area contributed by atoms with Crippen molar-refractivity contribution in [1.82, 2.24) is 9.78 Å². The first-order valence-electron chi connectivity index (χ1n) is 6.08. The third-order valence-electron chi connectivity index (χ3n) is 2.87. The van der Waals surface area contributed by atoms with E-state index in [1.807, 2.05) is 0 Å². The van der Waals surface area contributed by atoms with Crippen LogP contribution in [0, 0.1) is 5.82 Å². The number of benzene rings is 1. The fraction of sp³-hybridized carbons (Fsp3) is 0.231. The Kier molecular flexibility index (Phi) is 5.49. The summed E-state index contributed by atoms with van der Waals surface area (Å²) in [5, 5.41) is 3.16. The molecular weight excluding hydrogens is 376 g/mol. The molecule has 0 saturated carbocycles. The highest BCUT2D eigenvalue weighted by Gasteiger charge is 2.23. The van der Waals surface area contributed by atoms with Gasteiger partial charge in [0, 0.05) is 24.1 Å². The van der Waals surface area contributed by atoms with E-state index in [2.05, 4.69) is 22.5 Å². The average molecular weight is 385 g/mol. The summed E-state index contributed by atoms with van der Waals surface area (Å²) in [6.45, 7) is -3.11. The highest BCUT2D eigenvalue weighted by molar-refractivity contribution is 7.96. The summed E-state index contributed by atoms with van der Waals surface area (Å²) in [7, 11) is 1.32. The first-order valence-corrected chi connectivity index (χ1v) is 7.28. The van der Waals surface area contributed by atoms with E-state index >= 15 is 0 Å². The van der Waals surface area contributed by atoms with E-state index in [0.717, 1.165) is 10.7 Å². The van der Waals surface area contributed by atoms with E-state index in [4.69, 9.17) is 23.2 Å². The highest BCUT2D eigenvalue weighted by atomic mass is 35.5. The van der Waals surface area contributed by atoms with Crippen molar-refractivity contribution in [1.29, 1.82) is 0 Å². The molecule has 0 saturated heterocycles. The van der Waals surface area contributed by atoms with Crippen LogP contribution < -0.4 is 4.74 Å². The van der Waals surface area contributed by atoms with Gasteiger partial charge in [0.1, 0.15) is 16.5 Å². The smallest absolute Gasteiger partial charge is 0.388 e. The molecule has 0 amide bonds. The number of hydrogen-bond donors (Lipinski definition) is 1. The van der Waals surface area contributed by atoms with Gasteiger partial charge in [-0.2, -0.15) is 13.9 Å². The van der Waals surface area contributed by atoms with Crippen LogP contribution in [0.15, 0.2) is 12.1 Å². The van der Waals surface area contributed by atoms with Gasteiger partial charge in [-0.1, -0.05) is 23.2 Å². The van der Waals surface area contributed by atoms with Crippen LogP contribution in [-0.4, -0.2) is 21.5 Å². The summed E-state index contributed by atoms with van der Waals surface area (Å²) in [6.07, 6.45) is -0.139. The first kappa shape index (κ1) is 18.0. The summed E-state index contributed by atoms with van der Waals surface area (Å²) in [5.41, 5.74) is 0.108. The molecule has 23 heavy (non-hydrogen) atoms. The molecule has 0 bridgehead atoms. The summed E-state index contributed by atoms with van der Waals surface area (Å²) < 4.78 is 44.1. The van der Waals surface area contributed by atoms with E-state index in [9.17, 15) is 18.0 Å². The van der Waals surface area contributed by atoms with Crippen molar-refractivity contribution in [2.24, 2.45) is 7.05 Å². The molecule has 0 aliphatic heterocycles. The number of hydrogen-bond acceptors (Lipinski definition) is 3. The normalized spacial score (nSPS) is 11.1. The molecule has 0 aliphatic rings. The second-order valence-corrected chi connectivity index (χ2v) is 5.75. The van der Waals surface area contributed by atoms with Gasteiger partial charge in [-0.25, -0.2) is 9.07 Å². The maximum atomic E-state index is 14.2. The van der Waals surface area contributed by atoms with Gasteiger partial charge in [0.15, 0.2) is 5.12 Å². The number of aryl methyl sites for hydroxylation is 1. The minimum atomic E-state index is -3.11. The Morgan fingerprint density at radius 3 is 2.65 bits per heavy atom. The second kappa shape index (κ2) is 7.02. The average Bonchev–Trinajstić information content (AvgIpc) is 2.69. The van der Waals surface area contributed by atoms with Crippen LogP contribution in [0.1, 0.15) is 5.56 Å². The lowest BCUT2D eigenvalue weighted by Crippen LogP contribution is -2.06. The molecular formula is C13H9Cl2F3N2O2S. The predicted octanol–water partition coefficient (Wildman–Crippen LogP) is 4.13. The minimum absolute atomic E-state index is 0.0322. The van der Waals surface area contributed by atoms with E-state index < -0.39 is 23.4 Å². The molecule has 1 heterocycles. The van der Waals surface area contributed by atoms with E-state index in [1.54, 1.807) is 0 Å². The Labute approximate surface area is 144 Å². The fourth-order valence-electron chi connectivity index (χ4n) is 1.94. The molecule has 0 fully saturated rings. The number of rotatable bonds is 5. The maximum Gasteiger partial charge on any atom is 0.388 e. The van der Waals surface area contributed by atoms with Crippen LogP contribution in [0.4, 0.5) is 13.2 Å². The molecule has 0 unspecified atom stereocenters. The number of carbonyl (C=O) groups excluding carboxylic acids is 1. The SMILES string of the molecule is Cn1nc(-c2cc(CC(=O)S)c(Cl)cc2F)c(Cl)c1OC(F)F. The lowest BCUT2D eigenvalue weighted by Gasteiger charge is -2.07. The van der Waals surface area contributed by atoms with E-state index in [1.165, 1.54) is 13.1 Å².